The highest BCUT2D eigenvalue weighted by atomic mass is 28.3. The number of fused-ring (bicyclic) bond motifs is 4. The lowest BCUT2D eigenvalue weighted by Crippen LogP contribution is -2.55. The van der Waals surface area contributed by atoms with Gasteiger partial charge < -0.3 is 34.7 Å². The van der Waals surface area contributed by atoms with E-state index in [4.69, 9.17) is 40.4 Å². The van der Waals surface area contributed by atoms with Gasteiger partial charge in [-0.2, -0.15) is 20.7 Å². The molecule has 2 fully saturated rings. The number of likely N-dealkylation sites (tertiary alicyclic amines) is 2. The number of aryl methyl sites for hydroxylation is 2. The van der Waals surface area contributed by atoms with Gasteiger partial charge in [0, 0.05) is 89.9 Å². The van der Waals surface area contributed by atoms with E-state index in [1.807, 2.05) is 28.0 Å². The monoisotopic (exact) mass is 1050 g/mol. The first-order chi connectivity index (χ1) is 35.9. The average molecular weight is 1050 g/mol. The fraction of sp³-hybridized carbons (Fsp3) is 0.556. The molecule has 2 atom stereocenters. The van der Waals surface area contributed by atoms with Gasteiger partial charge in [0.15, 0.2) is 11.3 Å². The van der Waals surface area contributed by atoms with Crippen LogP contribution in [0.5, 0.6) is 0 Å². The van der Waals surface area contributed by atoms with Crippen LogP contribution in [-0.4, -0.2) is 135 Å². The molecule has 0 bridgehead atoms. The number of aromatic nitrogens is 10. The van der Waals surface area contributed by atoms with Crippen molar-refractivity contribution in [3.05, 3.63) is 58.4 Å². The Morgan fingerprint density at radius 2 is 1.25 bits per heavy atom. The molecule has 10 rings (SSSR count). The van der Waals surface area contributed by atoms with Gasteiger partial charge in [0.05, 0.1) is 47.5 Å². The van der Waals surface area contributed by atoms with Crippen molar-refractivity contribution in [1.29, 1.82) is 10.5 Å². The summed E-state index contributed by atoms with van der Waals surface area (Å²) in [5, 5.41) is 33.1. The van der Waals surface area contributed by atoms with Gasteiger partial charge in [0.1, 0.15) is 52.6 Å². The first kappa shape index (κ1) is 53.5. The van der Waals surface area contributed by atoms with Crippen LogP contribution in [0.25, 0.3) is 45.1 Å². The van der Waals surface area contributed by atoms with Gasteiger partial charge in [-0.3, -0.25) is 28.5 Å². The maximum absolute atomic E-state index is 13.6. The fourth-order valence-electron chi connectivity index (χ4n) is 10.5. The Hall–Kier alpha value is -7.30. The third kappa shape index (κ3) is 11.0. The van der Waals surface area contributed by atoms with Crippen molar-refractivity contribution in [2.24, 2.45) is 36.8 Å². The third-order valence-corrected chi connectivity index (χ3v) is 17.0. The molecule has 0 aromatic carbocycles. The third-order valence-electron chi connectivity index (χ3n) is 15.3. The van der Waals surface area contributed by atoms with Crippen LogP contribution in [0.1, 0.15) is 97.6 Å². The van der Waals surface area contributed by atoms with Crippen LogP contribution in [0.2, 0.25) is 25.7 Å². The largest absolute Gasteiger partial charge is 0.361 e. The molecule has 0 unspecified atom stereocenters. The average Bonchev–Trinajstić information content (AvgIpc) is 4.12. The second-order valence-corrected chi connectivity index (χ2v) is 29.6. The molecule has 3 N–H and O–H groups in total. The molecule has 8 heterocycles. The van der Waals surface area contributed by atoms with E-state index in [0.717, 1.165) is 56.0 Å². The van der Waals surface area contributed by atoms with E-state index < -0.39 is 32.0 Å². The van der Waals surface area contributed by atoms with Crippen molar-refractivity contribution in [3.63, 3.8) is 0 Å². The molecule has 6 aromatic heterocycles. The number of ether oxygens (including phenoxy) is 1. The Labute approximate surface area is 443 Å². The Balaban J connectivity index is 0.000000190. The number of H-pyrrole nitrogens is 1. The van der Waals surface area contributed by atoms with Crippen LogP contribution in [0, 0.1) is 45.3 Å². The van der Waals surface area contributed by atoms with E-state index in [-0.39, 0.29) is 41.2 Å². The van der Waals surface area contributed by atoms with Gasteiger partial charge >= 0.3 is 0 Å². The number of amides is 4. The second kappa shape index (κ2) is 20.7. The zero-order chi connectivity index (χ0) is 54.6. The topological polar surface area (TPSA) is 264 Å². The highest BCUT2D eigenvalue weighted by Crippen LogP contribution is 2.40. The molecule has 0 saturated carbocycles. The Bertz CT molecular complexity index is 3330. The lowest BCUT2D eigenvalue weighted by Gasteiger charge is -2.37. The summed E-state index contributed by atoms with van der Waals surface area (Å²) >= 11 is 0. The zero-order valence-electron chi connectivity index (χ0n) is 45.7. The lowest BCUT2D eigenvalue weighted by molar-refractivity contribution is -0.138. The van der Waals surface area contributed by atoms with Gasteiger partial charge in [0.25, 0.3) is 11.8 Å². The molecule has 4 aliphatic rings. The molecule has 0 spiro atoms. The molecule has 400 valence electrons. The molecule has 76 heavy (non-hydrogen) atoms. The molecule has 2 aliphatic heterocycles. The van der Waals surface area contributed by atoms with Crippen molar-refractivity contribution in [1.82, 2.24) is 69.5 Å². The SMILES string of the molecule is C[C@@H](NC(=O)c1c[nH]c2ncc(-c3nn(C)c4c3CC(C)(C)CC4)nc12)C(=O)N1CC(C#N)C1.C[C@@H](NC(=O)c1cn(COCC[Si](C)(C)C)c2ncc(-c3nn(C)c4c3CC(C)(C)CC4)nc12)C(=O)N1CC(C#N)C1. The van der Waals surface area contributed by atoms with E-state index in [1.165, 1.54) is 22.5 Å². The number of nitriles is 2. The predicted octanol–water partition coefficient (Wildman–Crippen LogP) is 5.73. The summed E-state index contributed by atoms with van der Waals surface area (Å²) in [6.07, 6.45) is 12.6. The molecule has 22 heteroatoms. The van der Waals surface area contributed by atoms with Crippen molar-refractivity contribution in [2.75, 3.05) is 32.8 Å². The number of rotatable bonds is 13. The number of nitrogens with one attached hydrogen (secondary N) is 3. The maximum atomic E-state index is 13.6. The van der Waals surface area contributed by atoms with Gasteiger partial charge in [-0.15, -0.1) is 0 Å². The molecule has 4 amide bonds. The number of carbonyl (C=O) groups excluding carboxylic acids is 4. The van der Waals surface area contributed by atoms with Crippen LogP contribution < -0.4 is 10.6 Å². The van der Waals surface area contributed by atoms with Crippen LogP contribution in [-0.2, 0) is 60.8 Å². The van der Waals surface area contributed by atoms with Crippen molar-refractivity contribution in [3.8, 4) is 34.9 Å². The second-order valence-electron chi connectivity index (χ2n) is 23.9. The Morgan fingerprint density at radius 1 is 0.763 bits per heavy atom. The van der Waals surface area contributed by atoms with E-state index in [1.54, 1.807) is 48.4 Å². The number of hydrogen-bond acceptors (Lipinski definition) is 13. The molecule has 0 radical (unpaired) electrons. The minimum atomic E-state index is -1.26. The van der Waals surface area contributed by atoms with Gasteiger partial charge in [0.2, 0.25) is 11.8 Å². The Kier molecular flexibility index (Phi) is 14.6. The number of aromatic amines is 1. The molecular weight excluding hydrogens is 981 g/mol. The predicted molar refractivity (Wildman–Crippen MR) is 287 cm³/mol. The van der Waals surface area contributed by atoms with E-state index in [9.17, 15) is 19.2 Å². The minimum Gasteiger partial charge on any atom is -0.361 e. The summed E-state index contributed by atoms with van der Waals surface area (Å²) in [6.45, 7) is 21.8. The smallest absolute Gasteiger partial charge is 0.255 e. The summed E-state index contributed by atoms with van der Waals surface area (Å²) < 4.78 is 11.7. The summed E-state index contributed by atoms with van der Waals surface area (Å²) in [7, 11) is 2.66. The van der Waals surface area contributed by atoms with Gasteiger partial charge in [-0.05, 0) is 69.2 Å². The van der Waals surface area contributed by atoms with Gasteiger partial charge in [-0.25, -0.2) is 19.9 Å². The maximum Gasteiger partial charge on any atom is 0.255 e. The quantitative estimate of drug-likeness (QED) is 0.0923. The van der Waals surface area contributed by atoms with E-state index in [0.29, 0.717) is 77.6 Å². The highest BCUT2D eigenvalue weighted by molar-refractivity contribution is 6.76. The number of carbonyl (C=O) groups is 4. The summed E-state index contributed by atoms with van der Waals surface area (Å²) in [5.41, 5.74) is 10.6. The molecular formula is C54H70N16O5Si. The van der Waals surface area contributed by atoms with Crippen molar-refractivity contribution in [2.45, 2.75) is 125 Å². The summed E-state index contributed by atoms with van der Waals surface area (Å²) in [4.78, 5) is 77.1. The lowest BCUT2D eigenvalue weighted by atomic mass is 9.75. The highest BCUT2D eigenvalue weighted by Gasteiger charge is 2.37. The van der Waals surface area contributed by atoms with E-state index in [2.05, 4.69) is 80.1 Å². The number of hydrogen-bond donors (Lipinski definition) is 3. The van der Waals surface area contributed by atoms with Crippen LogP contribution >= 0.6 is 0 Å². The summed E-state index contributed by atoms with van der Waals surface area (Å²) in [6, 6.07) is 3.89. The zero-order valence-corrected chi connectivity index (χ0v) is 46.7. The van der Waals surface area contributed by atoms with E-state index >= 15 is 0 Å². The van der Waals surface area contributed by atoms with Crippen LogP contribution in [0.4, 0.5) is 0 Å². The standard InChI is InChI=1S/C30H42N8O3Si.C24H28N8O2/c1-19(29(40)37-15-20(13-31)16-37)33-28(39)22-17-38(18-41-10-11-42(5,6)7)27-26(22)34-23(14-32-27)25-21-12-30(2,3)9-8-24(21)36(4)35-25;1-13(23(34)32-11-14(8-25)12-32)28-22(33)16-9-26-21-20(16)29-17(10-27-21)19-15-7-24(2,3)6-5-18(15)31(4)30-19/h14,17,19-20H,8-12,15-16,18H2,1-7H3,(H,33,39);9-10,13-14H,5-7,11-12H2,1-4H3,(H,26,27)(H,28,33)/t19-;13-/m11/s1. The van der Waals surface area contributed by atoms with Crippen LogP contribution in [0.3, 0.4) is 0 Å². The molecule has 2 aliphatic carbocycles. The summed E-state index contributed by atoms with van der Waals surface area (Å²) in [5.74, 6) is -1.49. The normalized spacial score (nSPS) is 17.8. The fourth-order valence-corrected chi connectivity index (χ4v) is 11.3. The minimum absolute atomic E-state index is 0.128. The van der Waals surface area contributed by atoms with Crippen molar-refractivity contribution >= 4 is 54.0 Å². The first-order valence-electron chi connectivity index (χ1n) is 26.3. The molecule has 2 saturated heterocycles. The molecule has 21 nitrogen and oxygen atoms in total. The van der Waals surface area contributed by atoms with Gasteiger partial charge in [-0.1, -0.05) is 47.3 Å². The van der Waals surface area contributed by atoms with Crippen LogP contribution in [0.15, 0.2) is 24.8 Å². The molecule has 6 aromatic rings. The number of nitrogens with zero attached hydrogens (tertiary/aromatic N) is 13. The Morgan fingerprint density at radius 3 is 1.75 bits per heavy atom. The first-order valence-corrected chi connectivity index (χ1v) is 30.0. The van der Waals surface area contributed by atoms with Crippen molar-refractivity contribution < 1.29 is 23.9 Å².